The lowest BCUT2D eigenvalue weighted by Gasteiger charge is -2.27. The number of hydrogen-bond donors (Lipinski definition) is 1. The second-order valence-electron chi connectivity index (χ2n) is 7.08. The monoisotopic (exact) mass is 410 g/mol. The summed E-state index contributed by atoms with van der Waals surface area (Å²) in [6, 6.07) is 8.82. The predicted molar refractivity (Wildman–Crippen MR) is 113 cm³/mol. The van der Waals surface area contributed by atoms with Crippen molar-refractivity contribution in [3.8, 4) is 0 Å². The number of para-hydroxylation sites is 1. The number of rotatable bonds is 5. The highest BCUT2D eigenvalue weighted by molar-refractivity contribution is 7.16. The maximum Gasteiger partial charge on any atom is 0.262 e. The van der Waals surface area contributed by atoms with E-state index in [9.17, 15) is 14.4 Å². The molecule has 1 aromatic carbocycles. The molecular weight excluding hydrogens is 388 g/mol. The van der Waals surface area contributed by atoms with E-state index in [1.165, 1.54) is 22.2 Å². The number of nitrogens with one attached hydrogen (secondary N) is 1. The lowest BCUT2D eigenvalue weighted by Crippen LogP contribution is -2.36. The van der Waals surface area contributed by atoms with Crippen LogP contribution >= 0.6 is 11.3 Å². The number of fused-ring (bicyclic) bond motifs is 1. The minimum atomic E-state index is -0.249. The van der Waals surface area contributed by atoms with Gasteiger partial charge in [-0.1, -0.05) is 12.1 Å². The first kappa shape index (κ1) is 19.3. The summed E-state index contributed by atoms with van der Waals surface area (Å²) in [5.74, 6) is -0.301. The van der Waals surface area contributed by atoms with Gasteiger partial charge in [-0.05, 0) is 42.8 Å². The molecule has 0 saturated carbocycles. The normalized spacial score (nSPS) is 14.1. The molecule has 3 aromatic rings. The Bertz CT molecular complexity index is 1100. The van der Waals surface area contributed by atoms with E-state index in [1.807, 2.05) is 10.3 Å². The number of benzene rings is 1. The minimum absolute atomic E-state index is 0.0519. The number of thiophene rings is 1. The van der Waals surface area contributed by atoms with Gasteiger partial charge in [-0.25, -0.2) is 4.98 Å². The highest BCUT2D eigenvalue weighted by Crippen LogP contribution is 2.20. The number of aryl methyl sites for hydroxylation is 1. The first-order valence-electron chi connectivity index (χ1n) is 9.74. The van der Waals surface area contributed by atoms with Crippen LogP contribution in [0.5, 0.6) is 0 Å². The lowest BCUT2D eigenvalue weighted by atomic mass is 10.1. The topological polar surface area (TPSA) is 84.3 Å². The van der Waals surface area contributed by atoms with Crippen LogP contribution in [-0.2, 0) is 11.3 Å². The molecule has 0 radical (unpaired) electrons. The molecule has 4 rings (SSSR count). The van der Waals surface area contributed by atoms with E-state index in [2.05, 4.69) is 10.3 Å². The van der Waals surface area contributed by atoms with Gasteiger partial charge in [0.2, 0.25) is 5.91 Å². The number of hydrogen-bond acceptors (Lipinski definition) is 5. The van der Waals surface area contributed by atoms with E-state index >= 15 is 0 Å². The molecule has 2 aromatic heterocycles. The summed E-state index contributed by atoms with van der Waals surface area (Å²) in [4.78, 5) is 44.6. The second-order valence-corrected chi connectivity index (χ2v) is 7.97. The molecular formula is C21H22N4O3S. The molecule has 0 atom stereocenters. The summed E-state index contributed by atoms with van der Waals surface area (Å²) in [6.07, 6.45) is 4.76. The Morgan fingerprint density at radius 3 is 2.72 bits per heavy atom. The van der Waals surface area contributed by atoms with Crippen molar-refractivity contribution in [1.82, 2.24) is 14.5 Å². The Labute approximate surface area is 172 Å². The van der Waals surface area contributed by atoms with Crippen molar-refractivity contribution in [2.75, 3.05) is 18.4 Å². The summed E-state index contributed by atoms with van der Waals surface area (Å²) in [5, 5.41) is 5.22. The van der Waals surface area contributed by atoms with Gasteiger partial charge in [-0.3, -0.25) is 19.0 Å². The van der Waals surface area contributed by atoms with Gasteiger partial charge >= 0.3 is 0 Å². The molecule has 0 unspecified atom stereocenters. The standard InChI is InChI=1S/C21H22N4O3S/c26-18(8-12-25-14-22-19-16(21(25)28)9-13-29-19)23-17-7-3-2-6-15(17)20(27)24-10-4-1-5-11-24/h2-3,6-7,9,13-14H,1,4-5,8,10-12H2,(H,23,26). The molecule has 3 heterocycles. The van der Waals surface area contributed by atoms with Gasteiger partial charge in [0.15, 0.2) is 0 Å². The zero-order valence-electron chi connectivity index (χ0n) is 16.0. The van der Waals surface area contributed by atoms with Crippen LogP contribution in [0.25, 0.3) is 10.2 Å². The summed E-state index contributed by atoms with van der Waals surface area (Å²) in [6.45, 7) is 1.73. The maximum absolute atomic E-state index is 12.8. The van der Waals surface area contributed by atoms with Gasteiger partial charge in [-0.2, -0.15) is 0 Å². The molecule has 7 nitrogen and oxygen atoms in total. The smallest absolute Gasteiger partial charge is 0.262 e. The number of anilines is 1. The van der Waals surface area contributed by atoms with Gasteiger partial charge in [0.1, 0.15) is 4.83 Å². The molecule has 1 N–H and O–H groups in total. The highest BCUT2D eigenvalue weighted by atomic mass is 32.1. The van der Waals surface area contributed by atoms with Crippen molar-refractivity contribution < 1.29 is 9.59 Å². The molecule has 150 valence electrons. The molecule has 0 spiro atoms. The summed E-state index contributed by atoms with van der Waals surface area (Å²) in [5.41, 5.74) is 0.859. The van der Waals surface area contributed by atoms with Crippen LogP contribution in [0, 0.1) is 0 Å². The Hall–Kier alpha value is -3.00. The quantitative estimate of drug-likeness (QED) is 0.700. The Balaban J connectivity index is 1.43. The molecule has 29 heavy (non-hydrogen) atoms. The highest BCUT2D eigenvalue weighted by Gasteiger charge is 2.21. The van der Waals surface area contributed by atoms with E-state index in [-0.39, 0.29) is 30.3 Å². The number of likely N-dealkylation sites (tertiary alicyclic amines) is 1. The van der Waals surface area contributed by atoms with Crippen LogP contribution in [0.2, 0.25) is 0 Å². The summed E-state index contributed by atoms with van der Waals surface area (Å²) in [7, 11) is 0. The summed E-state index contributed by atoms with van der Waals surface area (Å²) >= 11 is 1.41. The average molecular weight is 410 g/mol. The van der Waals surface area contributed by atoms with Gasteiger partial charge in [0, 0.05) is 26.1 Å². The first-order chi connectivity index (χ1) is 14.1. The van der Waals surface area contributed by atoms with Crippen molar-refractivity contribution >= 4 is 39.1 Å². The van der Waals surface area contributed by atoms with E-state index in [4.69, 9.17) is 0 Å². The minimum Gasteiger partial charge on any atom is -0.339 e. The SMILES string of the molecule is O=C(CCn1cnc2sccc2c1=O)Nc1ccccc1C(=O)N1CCCCC1. The van der Waals surface area contributed by atoms with Crippen molar-refractivity contribution in [3.63, 3.8) is 0 Å². The number of amides is 2. The zero-order chi connectivity index (χ0) is 20.2. The van der Waals surface area contributed by atoms with Gasteiger partial charge in [-0.15, -0.1) is 11.3 Å². The van der Waals surface area contributed by atoms with Gasteiger partial charge in [0.25, 0.3) is 11.5 Å². The zero-order valence-corrected chi connectivity index (χ0v) is 16.8. The van der Waals surface area contributed by atoms with Crippen molar-refractivity contribution in [1.29, 1.82) is 0 Å². The number of nitrogens with zero attached hydrogens (tertiary/aromatic N) is 3. The molecule has 2 amide bonds. The number of aromatic nitrogens is 2. The van der Waals surface area contributed by atoms with Crippen LogP contribution in [0.15, 0.2) is 46.8 Å². The van der Waals surface area contributed by atoms with Crippen LogP contribution in [0.3, 0.4) is 0 Å². The first-order valence-corrected chi connectivity index (χ1v) is 10.6. The van der Waals surface area contributed by atoms with Gasteiger partial charge in [0.05, 0.1) is 23.0 Å². The van der Waals surface area contributed by atoms with Crippen molar-refractivity contribution in [3.05, 3.63) is 58.0 Å². The average Bonchev–Trinajstić information content (AvgIpc) is 3.24. The van der Waals surface area contributed by atoms with Crippen LogP contribution < -0.4 is 10.9 Å². The largest absolute Gasteiger partial charge is 0.339 e. The number of carbonyl (C=O) groups excluding carboxylic acids is 2. The predicted octanol–water partition coefficient (Wildman–Crippen LogP) is 3.11. The van der Waals surface area contributed by atoms with E-state index < -0.39 is 0 Å². The fourth-order valence-corrected chi connectivity index (χ4v) is 4.26. The third kappa shape index (κ3) is 4.22. The van der Waals surface area contributed by atoms with E-state index in [0.717, 1.165) is 32.4 Å². The fraction of sp³-hybridized carbons (Fsp3) is 0.333. The maximum atomic E-state index is 12.8. The van der Waals surface area contributed by atoms with Crippen molar-refractivity contribution in [2.24, 2.45) is 0 Å². The molecule has 1 aliphatic heterocycles. The molecule has 8 heteroatoms. The Morgan fingerprint density at radius 1 is 1.10 bits per heavy atom. The van der Waals surface area contributed by atoms with Crippen LogP contribution in [0.4, 0.5) is 5.69 Å². The third-order valence-corrected chi connectivity index (χ3v) is 5.93. The summed E-state index contributed by atoms with van der Waals surface area (Å²) < 4.78 is 1.44. The van der Waals surface area contributed by atoms with Crippen LogP contribution in [-0.4, -0.2) is 39.4 Å². The van der Waals surface area contributed by atoms with Crippen LogP contribution in [0.1, 0.15) is 36.0 Å². The number of piperidine rings is 1. The lowest BCUT2D eigenvalue weighted by molar-refractivity contribution is -0.116. The number of carbonyl (C=O) groups is 2. The van der Waals surface area contributed by atoms with E-state index in [1.54, 1.807) is 30.3 Å². The van der Waals surface area contributed by atoms with E-state index in [0.29, 0.717) is 21.5 Å². The Kier molecular flexibility index (Phi) is 5.71. The second kappa shape index (κ2) is 8.57. The fourth-order valence-electron chi connectivity index (χ4n) is 3.53. The van der Waals surface area contributed by atoms with Crippen molar-refractivity contribution in [2.45, 2.75) is 32.2 Å². The molecule has 1 fully saturated rings. The third-order valence-electron chi connectivity index (χ3n) is 5.11. The Morgan fingerprint density at radius 2 is 1.90 bits per heavy atom. The molecule has 0 aliphatic carbocycles. The van der Waals surface area contributed by atoms with Gasteiger partial charge < -0.3 is 10.2 Å². The molecule has 0 bridgehead atoms. The molecule has 1 aliphatic rings. The molecule has 1 saturated heterocycles.